The van der Waals surface area contributed by atoms with E-state index < -0.39 is 17.8 Å². The maximum atomic E-state index is 11.9. The van der Waals surface area contributed by atoms with Gasteiger partial charge in [0.25, 0.3) is 0 Å². The number of hydrogen-bond acceptors (Lipinski definition) is 7. The molecule has 0 radical (unpaired) electrons. The molecule has 1 aromatic rings. The van der Waals surface area contributed by atoms with Crippen molar-refractivity contribution in [1.82, 2.24) is 19.8 Å². The standard InChI is InChI=1S/C12H20N4O3S/c1-12(2,3)19-11(18)16-5-9(10(17)6-16)13-4-8-7-20-15-14-8/h7,9-10,13,17H,4-6H2,1-3H3/t9-,10+/m0/s1. The molecule has 8 heteroatoms. The van der Waals surface area contributed by atoms with E-state index in [1.165, 1.54) is 16.4 Å². The molecular formula is C12H20N4O3S. The van der Waals surface area contributed by atoms with Crippen LogP contribution in [-0.2, 0) is 11.3 Å². The van der Waals surface area contributed by atoms with E-state index in [2.05, 4.69) is 14.9 Å². The van der Waals surface area contributed by atoms with Gasteiger partial charge in [0.2, 0.25) is 0 Å². The number of ether oxygens (including phenoxy) is 1. The normalized spacial score (nSPS) is 23.1. The highest BCUT2D eigenvalue weighted by atomic mass is 32.1. The molecule has 2 N–H and O–H groups in total. The van der Waals surface area contributed by atoms with E-state index in [9.17, 15) is 9.90 Å². The molecule has 20 heavy (non-hydrogen) atoms. The SMILES string of the molecule is CC(C)(C)OC(=O)N1C[C@@H](O)[C@@H](NCc2csnn2)C1. The Kier molecular flexibility index (Phi) is 4.56. The molecule has 2 heterocycles. The quantitative estimate of drug-likeness (QED) is 0.850. The molecule has 1 aromatic heterocycles. The number of aliphatic hydroxyl groups is 1. The molecule has 0 bridgehead atoms. The topological polar surface area (TPSA) is 87.6 Å². The summed E-state index contributed by atoms with van der Waals surface area (Å²) in [5, 5.41) is 18.9. The molecule has 1 aliphatic rings. The molecule has 1 amide bonds. The molecule has 1 fully saturated rings. The van der Waals surface area contributed by atoms with Crippen LogP contribution in [-0.4, -0.2) is 56.5 Å². The van der Waals surface area contributed by atoms with Gasteiger partial charge in [-0.25, -0.2) is 4.79 Å². The van der Waals surface area contributed by atoms with Gasteiger partial charge in [-0.1, -0.05) is 4.49 Å². The van der Waals surface area contributed by atoms with Gasteiger partial charge in [0.15, 0.2) is 0 Å². The van der Waals surface area contributed by atoms with Crippen LogP contribution < -0.4 is 5.32 Å². The Balaban J connectivity index is 1.84. The number of likely N-dealkylation sites (tertiary alicyclic amines) is 1. The molecule has 0 saturated carbocycles. The lowest BCUT2D eigenvalue weighted by Gasteiger charge is -2.24. The van der Waals surface area contributed by atoms with Crippen LogP contribution in [0.5, 0.6) is 0 Å². The first-order valence-corrected chi connectivity index (χ1v) is 7.34. The van der Waals surface area contributed by atoms with Crippen LogP contribution in [0, 0.1) is 0 Å². The Morgan fingerprint density at radius 1 is 1.60 bits per heavy atom. The third-order valence-corrected chi connectivity index (χ3v) is 3.44. The fourth-order valence-corrected chi connectivity index (χ4v) is 2.41. The molecule has 7 nitrogen and oxygen atoms in total. The summed E-state index contributed by atoms with van der Waals surface area (Å²) in [5.74, 6) is 0. The highest BCUT2D eigenvalue weighted by Gasteiger charge is 2.35. The Labute approximate surface area is 122 Å². The molecule has 1 saturated heterocycles. The third kappa shape index (κ3) is 4.12. The molecule has 0 aliphatic carbocycles. The van der Waals surface area contributed by atoms with E-state index in [1.807, 2.05) is 26.2 Å². The average Bonchev–Trinajstić information content (AvgIpc) is 2.93. The Hall–Kier alpha value is -1.25. The lowest BCUT2D eigenvalue weighted by molar-refractivity contribution is 0.0270. The van der Waals surface area contributed by atoms with Crippen molar-refractivity contribution in [2.45, 2.75) is 45.1 Å². The van der Waals surface area contributed by atoms with Crippen molar-refractivity contribution in [1.29, 1.82) is 0 Å². The zero-order chi connectivity index (χ0) is 14.8. The summed E-state index contributed by atoms with van der Waals surface area (Å²) in [5.41, 5.74) is 0.303. The number of nitrogens with one attached hydrogen (secondary N) is 1. The van der Waals surface area contributed by atoms with Gasteiger partial charge in [0, 0.05) is 18.5 Å². The molecule has 0 aromatic carbocycles. The minimum absolute atomic E-state index is 0.177. The van der Waals surface area contributed by atoms with Crippen LogP contribution in [0.2, 0.25) is 0 Å². The Bertz CT molecular complexity index is 446. The van der Waals surface area contributed by atoms with Gasteiger partial charge in [-0.05, 0) is 32.3 Å². The largest absolute Gasteiger partial charge is 0.444 e. The van der Waals surface area contributed by atoms with E-state index in [-0.39, 0.29) is 12.6 Å². The first kappa shape index (κ1) is 15.1. The zero-order valence-corrected chi connectivity index (χ0v) is 12.7. The first-order valence-electron chi connectivity index (χ1n) is 6.50. The zero-order valence-electron chi connectivity index (χ0n) is 11.9. The number of β-amino-alcohol motifs (C(OH)–C–C–N with tert-alkyl or cyclic N) is 1. The fraction of sp³-hybridized carbons (Fsp3) is 0.750. The first-order chi connectivity index (χ1) is 9.35. The number of nitrogens with zero attached hydrogens (tertiary/aromatic N) is 3. The summed E-state index contributed by atoms with van der Waals surface area (Å²) in [6.07, 6.45) is -0.995. The van der Waals surface area contributed by atoms with Crippen molar-refractivity contribution in [2.75, 3.05) is 13.1 Å². The summed E-state index contributed by atoms with van der Waals surface area (Å²) in [7, 11) is 0. The number of aliphatic hydroxyl groups excluding tert-OH is 1. The predicted molar refractivity (Wildman–Crippen MR) is 74.4 cm³/mol. The lowest BCUT2D eigenvalue weighted by Crippen LogP contribution is -2.39. The minimum atomic E-state index is -0.603. The lowest BCUT2D eigenvalue weighted by atomic mass is 10.2. The van der Waals surface area contributed by atoms with Crippen molar-refractivity contribution in [2.24, 2.45) is 0 Å². The molecule has 2 rings (SSSR count). The van der Waals surface area contributed by atoms with Gasteiger partial charge in [-0.2, -0.15) is 0 Å². The highest BCUT2D eigenvalue weighted by Crippen LogP contribution is 2.16. The van der Waals surface area contributed by atoms with Crippen LogP contribution in [0.1, 0.15) is 26.5 Å². The minimum Gasteiger partial charge on any atom is -0.444 e. The summed E-state index contributed by atoms with van der Waals surface area (Å²) >= 11 is 1.29. The van der Waals surface area contributed by atoms with Crippen molar-refractivity contribution in [3.63, 3.8) is 0 Å². The predicted octanol–water partition coefficient (Wildman–Crippen LogP) is 0.608. The van der Waals surface area contributed by atoms with Gasteiger partial charge in [-0.15, -0.1) is 5.10 Å². The van der Waals surface area contributed by atoms with Crippen molar-refractivity contribution < 1.29 is 14.6 Å². The van der Waals surface area contributed by atoms with Gasteiger partial charge in [-0.3, -0.25) is 0 Å². The van der Waals surface area contributed by atoms with Crippen LogP contribution in [0.25, 0.3) is 0 Å². The van der Waals surface area contributed by atoms with Crippen LogP contribution in [0.4, 0.5) is 4.79 Å². The maximum absolute atomic E-state index is 11.9. The summed E-state index contributed by atoms with van der Waals surface area (Å²) in [4.78, 5) is 13.4. The van der Waals surface area contributed by atoms with Gasteiger partial charge >= 0.3 is 6.09 Å². The number of aromatic nitrogens is 2. The third-order valence-electron chi connectivity index (χ3n) is 2.89. The van der Waals surface area contributed by atoms with Crippen LogP contribution >= 0.6 is 11.5 Å². The molecule has 0 spiro atoms. The Morgan fingerprint density at radius 2 is 2.35 bits per heavy atom. The number of hydrogen-bond donors (Lipinski definition) is 2. The van der Waals surface area contributed by atoms with E-state index in [0.717, 1.165) is 5.69 Å². The second kappa shape index (κ2) is 6.02. The number of carbonyl (C=O) groups is 1. The Morgan fingerprint density at radius 3 is 2.95 bits per heavy atom. The summed E-state index contributed by atoms with van der Waals surface area (Å²) in [6.45, 7) is 6.70. The van der Waals surface area contributed by atoms with Gasteiger partial charge < -0.3 is 20.1 Å². The second-order valence-electron chi connectivity index (χ2n) is 5.84. The molecule has 112 valence electrons. The van der Waals surface area contributed by atoms with E-state index >= 15 is 0 Å². The smallest absolute Gasteiger partial charge is 0.410 e. The molecule has 1 aliphatic heterocycles. The van der Waals surface area contributed by atoms with Crippen molar-refractivity contribution in [3.05, 3.63) is 11.1 Å². The maximum Gasteiger partial charge on any atom is 0.410 e. The van der Waals surface area contributed by atoms with Crippen LogP contribution in [0.15, 0.2) is 5.38 Å². The van der Waals surface area contributed by atoms with Crippen LogP contribution in [0.3, 0.4) is 0 Å². The summed E-state index contributed by atoms with van der Waals surface area (Å²) in [6, 6.07) is -0.177. The van der Waals surface area contributed by atoms with Gasteiger partial charge in [0.05, 0.1) is 24.4 Å². The fourth-order valence-electron chi connectivity index (χ4n) is 1.96. The highest BCUT2D eigenvalue weighted by molar-refractivity contribution is 7.03. The van der Waals surface area contributed by atoms with E-state index in [1.54, 1.807) is 0 Å². The molecule has 2 atom stereocenters. The molecule has 0 unspecified atom stereocenters. The second-order valence-corrected chi connectivity index (χ2v) is 6.45. The molecular weight excluding hydrogens is 280 g/mol. The number of carbonyl (C=O) groups excluding carboxylic acids is 1. The van der Waals surface area contributed by atoms with E-state index in [4.69, 9.17) is 4.74 Å². The average molecular weight is 300 g/mol. The van der Waals surface area contributed by atoms with E-state index in [0.29, 0.717) is 13.1 Å². The summed E-state index contributed by atoms with van der Waals surface area (Å²) < 4.78 is 9.07. The number of rotatable bonds is 3. The van der Waals surface area contributed by atoms with Gasteiger partial charge in [0.1, 0.15) is 5.60 Å². The number of amides is 1. The monoisotopic (exact) mass is 300 g/mol. The van der Waals surface area contributed by atoms with Crippen molar-refractivity contribution in [3.8, 4) is 0 Å². The van der Waals surface area contributed by atoms with Crippen molar-refractivity contribution >= 4 is 17.6 Å².